The molecule has 0 aliphatic carbocycles. The lowest BCUT2D eigenvalue weighted by Gasteiger charge is -2.33. The lowest BCUT2D eigenvalue weighted by molar-refractivity contribution is -0.274. The molecule has 0 radical (unpaired) electrons. The van der Waals surface area contributed by atoms with Crippen molar-refractivity contribution in [2.45, 2.75) is 115 Å². The summed E-state index contributed by atoms with van der Waals surface area (Å²) in [4.78, 5) is 74.4. The number of alkyl carbamates (subject to hydrolysis) is 2. The molecule has 68 heavy (non-hydrogen) atoms. The first-order chi connectivity index (χ1) is 32.4. The molecule has 20 heteroatoms. The lowest BCUT2D eigenvalue weighted by Crippen LogP contribution is -2.52. The third-order valence-corrected chi connectivity index (χ3v) is 13.7. The Morgan fingerprint density at radius 1 is 0.735 bits per heavy atom. The Balaban J connectivity index is 1.07. The number of methoxy groups -OCH3 is 2. The maximum Gasteiger partial charge on any atom is 0.573 e. The van der Waals surface area contributed by atoms with Crippen molar-refractivity contribution in [1.29, 1.82) is 0 Å². The van der Waals surface area contributed by atoms with E-state index in [4.69, 9.17) is 31.0 Å². The summed E-state index contributed by atoms with van der Waals surface area (Å²) in [7, 11) is 2.52. The zero-order valence-corrected chi connectivity index (χ0v) is 39.5. The van der Waals surface area contributed by atoms with Gasteiger partial charge in [-0.1, -0.05) is 51.4 Å². The molecular weight excluding hydrogens is 907 g/mol. The molecule has 1 unspecified atom stereocenters. The van der Waals surface area contributed by atoms with Crippen LogP contribution in [0.1, 0.15) is 107 Å². The monoisotopic (exact) mass is 963 g/mol. The van der Waals surface area contributed by atoms with Crippen LogP contribution >= 0.6 is 11.6 Å². The second-order valence-electron chi connectivity index (χ2n) is 18.5. The van der Waals surface area contributed by atoms with Crippen LogP contribution in [0.5, 0.6) is 5.75 Å². The lowest BCUT2D eigenvalue weighted by atomic mass is 10.0. The number of nitrogens with one attached hydrogen (secondary N) is 4. The van der Waals surface area contributed by atoms with Gasteiger partial charge in [-0.25, -0.2) is 19.6 Å². The number of hydrogen-bond acceptors (Lipinski definition) is 10. The van der Waals surface area contributed by atoms with Gasteiger partial charge in [0.1, 0.15) is 29.5 Å². The standard InChI is InChI=1S/C48H57ClF3N9O7/c1-25(2)41(57-46(64)66-5)44(62)59-19-7-9-29(59)24-40-53-32-14-11-27(21-34(32)54-40)36-16-17-37(61(36)30-13-18-39(31(49)23-30)68-48(50,51)52)28-12-15-33-35(22-28)56-43(55-33)38-10-8-20-60(38)45(63)42(26(3)4)58-47(65)67-6/h11-15,18,21-23,25-26,29,36-38,41-42H,7-10,16-17,19-20,24H2,1-6H3,(H,53,54)(H,55,56)(H,57,64)(H,58,65)/t29?,36-,37-,38+,41+,42+/m1/s1. The number of fused-ring (bicyclic) bond motifs is 2. The van der Waals surface area contributed by atoms with Crippen molar-refractivity contribution in [3.63, 3.8) is 0 Å². The highest BCUT2D eigenvalue weighted by Crippen LogP contribution is 2.49. The van der Waals surface area contributed by atoms with Crippen LogP contribution in [0.3, 0.4) is 0 Å². The van der Waals surface area contributed by atoms with Crippen LogP contribution in [-0.2, 0) is 25.5 Å². The van der Waals surface area contributed by atoms with E-state index in [0.29, 0.717) is 61.6 Å². The Bertz CT molecular complexity index is 2670. The van der Waals surface area contributed by atoms with E-state index in [-0.39, 0.29) is 52.8 Å². The van der Waals surface area contributed by atoms with E-state index in [9.17, 15) is 32.3 Å². The Morgan fingerprint density at radius 2 is 1.29 bits per heavy atom. The van der Waals surface area contributed by atoms with Gasteiger partial charge < -0.3 is 49.5 Å². The molecule has 2 aromatic heterocycles. The summed E-state index contributed by atoms with van der Waals surface area (Å²) in [6, 6.07) is 13.8. The fraction of sp³-hybridized carbons (Fsp3) is 0.500. The number of aromatic amines is 2. The molecule has 3 aliphatic rings. The number of ether oxygens (including phenoxy) is 3. The topological polar surface area (TPSA) is 187 Å². The summed E-state index contributed by atoms with van der Waals surface area (Å²) in [6.07, 6.45) is -1.36. The normalized spacial score (nSPS) is 20.7. The minimum absolute atomic E-state index is 0.126. The third kappa shape index (κ3) is 10.1. The zero-order chi connectivity index (χ0) is 48.6. The van der Waals surface area contributed by atoms with E-state index >= 15 is 0 Å². The van der Waals surface area contributed by atoms with Crippen LogP contribution < -0.4 is 20.3 Å². The van der Waals surface area contributed by atoms with Crippen molar-refractivity contribution in [1.82, 2.24) is 40.4 Å². The summed E-state index contributed by atoms with van der Waals surface area (Å²) in [5, 5.41) is 5.19. The van der Waals surface area contributed by atoms with E-state index in [2.05, 4.69) is 30.2 Å². The van der Waals surface area contributed by atoms with Gasteiger partial charge in [0.2, 0.25) is 11.8 Å². The highest BCUT2D eigenvalue weighted by Gasteiger charge is 2.40. The first-order valence-corrected chi connectivity index (χ1v) is 23.4. The SMILES string of the molecule is COC(=O)N[C@H](C(=O)N1CCCC1Cc1nc2ccc([C@H]3CC[C@H](c4ccc5nc([C@@H]6CCCN6C(=O)[C@@H](NC(=O)OC)C(C)C)[nH]c5c4)N3c3ccc(OC(F)(F)F)c(Cl)c3)cc2[nH]1)C(C)C. The Kier molecular flexibility index (Phi) is 14.0. The molecule has 4 N–H and O–H groups in total. The molecule has 0 spiro atoms. The minimum atomic E-state index is -4.93. The van der Waals surface area contributed by atoms with Crippen LogP contribution in [0.4, 0.5) is 28.4 Å². The van der Waals surface area contributed by atoms with E-state index in [1.165, 1.54) is 26.4 Å². The Labute approximate surface area is 396 Å². The number of amides is 4. The van der Waals surface area contributed by atoms with Crippen LogP contribution in [0, 0.1) is 11.8 Å². The van der Waals surface area contributed by atoms with E-state index in [1.54, 1.807) is 11.0 Å². The number of aromatic nitrogens is 4. The summed E-state index contributed by atoms with van der Waals surface area (Å²) >= 11 is 6.51. The summed E-state index contributed by atoms with van der Waals surface area (Å²) in [5.41, 5.74) is 5.48. The maximum atomic E-state index is 13.9. The maximum absolute atomic E-state index is 13.9. The van der Waals surface area contributed by atoms with Crippen molar-refractivity contribution >= 4 is 63.4 Å². The third-order valence-electron chi connectivity index (χ3n) is 13.4. The molecule has 364 valence electrons. The van der Waals surface area contributed by atoms with Gasteiger partial charge in [-0.15, -0.1) is 13.2 Å². The van der Waals surface area contributed by atoms with Crippen LogP contribution in [0.25, 0.3) is 22.1 Å². The van der Waals surface area contributed by atoms with Crippen molar-refractivity contribution in [3.05, 3.63) is 82.4 Å². The largest absolute Gasteiger partial charge is 0.573 e. The van der Waals surface area contributed by atoms with Crippen molar-refractivity contribution in [2.24, 2.45) is 11.8 Å². The highest BCUT2D eigenvalue weighted by atomic mass is 35.5. The molecule has 8 rings (SSSR count). The van der Waals surface area contributed by atoms with Crippen molar-refractivity contribution in [3.8, 4) is 5.75 Å². The molecule has 3 aliphatic heterocycles. The predicted molar refractivity (Wildman–Crippen MR) is 248 cm³/mol. The van der Waals surface area contributed by atoms with Gasteiger partial charge in [-0.3, -0.25) is 9.59 Å². The van der Waals surface area contributed by atoms with Gasteiger partial charge in [-0.05, 0) is 104 Å². The molecule has 4 amide bonds. The number of carbonyl (C=O) groups excluding carboxylic acids is 4. The average molecular weight is 964 g/mol. The fourth-order valence-corrected chi connectivity index (χ4v) is 10.3. The van der Waals surface area contributed by atoms with Gasteiger partial charge in [-0.2, -0.15) is 0 Å². The Hall–Kier alpha value is -6.24. The highest BCUT2D eigenvalue weighted by molar-refractivity contribution is 6.32. The van der Waals surface area contributed by atoms with E-state index in [1.807, 2.05) is 69.0 Å². The number of carbonyl (C=O) groups is 4. The van der Waals surface area contributed by atoms with E-state index in [0.717, 1.165) is 46.9 Å². The van der Waals surface area contributed by atoms with Crippen molar-refractivity contribution in [2.75, 3.05) is 32.2 Å². The molecule has 3 fully saturated rings. The molecule has 5 heterocycles. The zero-order valence-electron chi connectivity index (χ0n) is 38.8. The number of alkyl halides is 3. The molecule has 0 bridgehead atoms. The predicted octanol–water partition coefficient (Wildman–Crippen LogP) is 9.03. The second kappa shape index (κ2) is 19.8. The second-order valence-corrected chi connectivity index (χ2v) is 18.9. The van der Waals surface area contributed by atoms with Crippen LogP contribution in [0.15, 0.2) is 54.6 Å². The molecule has 3 saturated heterocycles. The fourth-order valence-electron chi connectivity index (χ4n) is 10.1. The van der Waals surface area contributed by atoms with Gasteiger partial charge in [0.15, 0.2) is 0 Å². The van der Waals surface area contributed by atoms with Gasteiger partial charge in [0.25, 0.3) is 0 Å². The molecule has 16 nitrogen and oxygen atoms in total. The summed E-state index contributed by atoms with van der Waals surface area (Å²) < 4.78 is 53.8. The first kappa shape index (κ1) is 48.2. The van der Waals surface area contributed by atoms with Gasteiger partial charge >= 0.3 is 18.5 Å². The summed E-state index contributed by atoms with van der Waals surface area (Å²) in [6.45, 7) is 8.56. The number of likely N-dealkylation sites (tertiary alicyclic amines) is 2. The number of H-pyrrole nitrogens is 2. The molecule has 0 saturated carbocycles. The molecule has 6 atom stereocenters. The van der Waals surface area contributed by atoms with Crippen LogP contribution in [-0.4, -0.2) is 106 Å². The molecular formula is C48H57ClF3N9O7. The average Bonchev–Trinajstić information content (AvgIpc) is 4.16. The van der Waals surface area contributed by atoms with E-state index < -0.39 is 36.4 Å². The number of hydrogen-bond donors (Lipinski definition) is 4. The smallest absolute Gasteiger partial charge is 0.453 e. The number of anilines is 1. The number of rotatable bonds is 13. The molecule has 5 aromatic rings. The van der Waals surface area contributed by atoms with Crippen LogP contribution in [0.2, 0.25) is 5.02 Å². The van der Waals surface area contributed by atoms with Crippen molar-refractivity contribution < 1.29 is 46.6 Å². The number of benzene rings is 3. The first-order valence-electron chi connectivity index (χ1n) is 23.0. The quantitative estimate of drug-likeness (QED) is 0.0887. The minimum Gasteiger partial charge on any atom is -0.453 e. The number of imidazole rings is 2. The Morgan fingerprint density at radius 3 is 1.87 bits per heavy atom. The number of nitrogens with zero attached hydrogens (tertiary/aromatic N) is 5. The molecule has 3 aromatic carbocycles. The summed E-state index contributed by atoms with van der Waals surface area (Å²) in [5.74, 6) is 0.130. The van der Waals surface area contributed by atoms with Gasteiger partial charge in [0, 0.05) is 31.2 Å². The number of halogens is 4. The van der Waals surface area contributed by atoms with Gasteiger partial charge in [0.05, 0.1) is 59.4 Å².